The molecule has 2 aromatic heterocycles. The standard InChI is InChI=1S/C14H15N5S/c1-2-12-14(20-19-18-12)13(17-15)11-5-3-4-9-8-16-7-6-10(9)11/h3-8,13,17H,2,15H2,1H3. The Morgan fingerprint density at radius 2 is 2.25 bits per heavy atom. The Morgan fingerprint density at radius 3 is 3.05 bits per heavy atom. The minimum absolute atomic E-state index is 0.101. The van der Waals surface area contributed by atoms with Gasteiger partial charge in [0, 0.05) is 17.8 Å². The van der Waals surface area contributed by atoms with Crippen LogP contribution in [0.5, 0.6) is 0 Å². The molecule has 6 heteroatoms. The molecule has 0 aliphatic carbocycles. The van der Waals surface area contributed by atoms with E-state index in [1.54, 1.807) is 6.20 Å². The number of nitrogens with one attached hydrogen (secondary N) is 1. The summed E-state index contributed by atoms with van der Waals surface area (Å²) < 4.78 is 4.05. The normalized spacial score (nSPS) is 12.7. The molecule has 0 fully saturated rings. The molecule has 1 aromatic carbocycles. The summed E-state index contributed by atoms with van der Waals surface area (Å²) >= 11 is 1.39. The van der Waals surface area contributed by atoms with Crippen molar-refractivity contribution in [3.63, 3.8) is 0 Å². The van der Waals surface area contributed by atoms with Crippen LogP contribution in [0.3, 0.4) is 0 Å². The Morgan fingerprint density at radius 1 is 1.35 bits per heavy atom. The van der Waals surface area contributed by atoms with Gasteiger partial charge in [-0.1, -0.05) is 29.6 Å². The molecule has 0 spiro atoms. The molecule has 2 heterocycles. The van der Waals surface area contributed by atoms with Crippen molar-refractivity contribution in [3.8, 4) is 0 Å². The summed E-state index contributed by atoms with van der Waals surface area (Å²) in [6, 6.07) is 8.05. The number of fused-ring (bicyclic) bond motifs is 1. The number of hydrogen-bond donors (Lipinski definition) is 2. The minimum Gasteiger partial charge on any atom is -0.271 e. The number of benzene rings is 1. The number of aromatic nitrogens is 3. The van der Waals surface area contributed by atoms with E-state index in [4.69, 9.17) is 5.84 Å². The van der Waals surface area contributed by atoms with Gasteiger partial charge in [-0.05, 0) is 35.0 Å². The first-order valence-corrected chi connectivity index (χ1v) is 7.22. The first-order valence-electron chi connectivity index (χ1n) is 6.45. The first-order chi connectivity index (χ1) is 9.85. The van der Waals surface area contributed by atoms with Crippen molar-refractivity contribution < 1.29 is 0 Å². The van der Waals surface area contributed by atoms with Gasteiger partial charge in [0.25, 0.3) is 0 Å². The average molecular weight is 285 g/mol. The Balaban J connectivity index is 2.17. The highest BCUT2D eigenvalue weighted by atomic mass is 32.1. The fraction of sp³-hybridized carbons (Fsp3) is 0.214. The second kappa shape index (κ2) is 5.62. The van der Waals surface area contributed by atoms with Crippen LogP contribution in [0.2, 0.25) is 0 Å². The van der Waals surface area contributed by atoms with Crippen LogP contribution in [-0.4, -0.2) is 14.6 Å². The van der Waals surface area contributed by atoms with Crippen LogP contribution in [0, 0.1) is 0 Å². The maximum absolute atomic E-state index is 5.80. The number of rotatable bonds is 4. The summed E-state index contributed by atoms with van der Waals surface area (Å²) in [6.07, 6.45) is 4.50. The van der Waals surface area contributed by atoms with Gasteiger partial charge in [0.1, 0.15) is 0 Å². The lowest BCUT2D eigenvalue weighted by Crippen LogP contribution is -2.29. The summed E-state index contributed by atoms with van der Waals surface area (Å²) in [5, 5.41) is 6.41. The number of nitrogens with two attached hydrogens (primary N) is 1. The summed E-state index contributed by atoms with van der Waals surface area (Å²) in [6.45, 7) is 2.07. The Bertz CT molecular complexity index is 719. The molecule has 3 N–H and O–H groups in total. The van der Waals surface area contributed by atoms with Gasteiger partial charge in [-0.3, -0.25) is 10.8 Å². The van der Waals surface area contributed by atoms with Crippen LogP contribution < -0.4 is 11.3 Å². The van der Waals surface area contributed by atoms with Gasteiger partial charge in [0.2, 0.25) is 0 Å². The largest absolute Gasteiger partial charge is 0.271 e. The second-order valence-electron chi connectivity index (χ2n) is 4.48. The predicted octanol–water partition coefficient (Wildman–Crippen LogP) is 2.20. The first kappa shape index (κ1) is 13.1. The van der Waals surface area contributed by atoms with Crippen molar-refractivity contribution in [1.82, 2.24) is 20.0 Å². The number of aryl methyl sites for hydroxylation is 1. The Hall–Kier alpha value is -1.89. The third kappa shape index (κ3) is 2.18. The fourth-order valence-corrected chi connectivity index (χ4v) is 3.20. The molecule has 1 atom stereocenters. The molecule has 0 saturated carbocycles. The number of hydrogen-bond acceptors (Lipinski definition) is 6. The monoisotopic (exact) mass is 285 g/mol. The van der Waals surface area contributed by atoms with Crippen LogP contribution in [-0.2, 0) is 6.42 Å². The van der Waals surface area contributed by atoms with Gasteiger partial charge in [0.15, 0.2) is 0 Å². The third-order valence-corrected chi connectivity index (χ3v) is 4.21. The summed E-state index contributed by atoms with van der Waals surface area (Å²) in [7, 11) is 0. The van der Waals surface area contributed by atoms with Crippen molar-refractivity contribution >= 4 is 22.3 Å². The van der Waals surface area contributed by atoms with Gasteiger partial charge in [-0.15, -0.1) is 5.10 Å². The number of pyridine rings is 1. The van der Waals surface area contributed by atoms with Crippen LogP contribution in [0.4, 0.5) is 0 Å². The topological polar surface area (TPSA) is 76.7 Å². The van der Waals surface area contributed by atoms with Crippen LogP contribution >= 0.6 is 11.5 Å². The van der Waals surface area contributed by atoms with E-state index in [1.165, 1.54) is 11.5 Å². The van der Waals surface area contributed by atoms with Crippen LogP contribution in [0.1, 0.15) is 29.1 Å². The fourth-order valence-electron chi connectivity index (χ4n) is 2.39. The van der Waals surface area contributed by atoms with E-state index in [2.05, 4.69) is 33.0 Å². The molecular formula is C14H15N5S. The molecule has 0 aliphatic rings. The maximum atomic E-state index is 5.80. The van der Waals surface area contributed by atoms with E-state index in [-0.39, 0.29) is 6.04 Å². The van der Waals surface area contributed by atoms with Gasteiger partial charge in [-0.2, -0.15) is 0 Å². The Kier molecular flexibility index (Phi) is 3.68. The molecule has 1 unspecified atom stereocenters. The summed E-state index contributed by atoms with van der Waals surface area (Å²) in [4.78, 5) is 5.23. The predicted molar refractivity (Wildman–Crippen MR) is 80.2 cm³/mol. The molecule has 102 valence electrons. The average Bonchev–Trinajstić information content (AvgIpc) is 2.97. The highest BCUT2D eigenvalue weighted by molar-refractivity contribution is 7.05. The molecule has 3 rings (SSSR count). The van der Waals surface area contributed by atoms with Gasteiger partial charge in [-0.25, -0.2) is 5.43 Å². The highest BCUT2D eigenvalue weighted by Crippen LogP contribution is 2.31. The molecule has 0 saturated heterocycles. The van der Waals surface area contributed by atoms with Gasteiger partial charge in [0.05, 0.1) is 16.6 Å². The Labute approximate surface area is 121 Å². The lowest BCUT2D eigenvalue weighted by atomic mass is 9.98. The van der Waals surface area contributed by atoms with E-state index >= 15 is 0 Å². The van der Waals surface area contributed by atoms with Crippen LogP contribution in [0.25, 0.3) is 10.8 Å². The van der Waals surface area contributed by atoms with E-state index in [1.807, 2.05) is 24.4 Å². The summed E-state index contributed by atoms with van der Waals surface area (Å²) in [5.41, 5.74) is 5.01. The van der Waals surface area contributed by atoms with E-state index < -0.39 is 0 Å². The zero-order valence-corrected chi connectivity index (χ0v) is 11.9. The quantitative estimate of drug-likeness (QED) is 0.567. The molecular weight excluding hydrogens is 270 g/mol. The van der Waals surface area contributed by atoms with Crippen molar-refractivity contribution in [3.05, 3.63) is 52.8 Å². The molecule has 5 nitrogen and oxygen atoms in total. The van der Waals surface area contributed by atoms with Crippen molar-refractivity contribution in [1.29, 1.82) is 0 Å². The van der Waals surface area contributed by atoms with Gasteiger partial charge < -0.3 is 0 Å². The van der Waals surface area contributed by atoms with Crippen molar-refractivity contribution in [2.45, 2.75) is 19.4 Å². The molecule has 0 radical (unpaired) electrons. The van der Waals surface area contributed by atoms with Gasteiger partial charge >= 0.3 is 0 Å². The highest BCUT2D eigenvalue weighted by Gasteiger charge is 2.20. The molecule has 20 heavy (non-hydrogen) atoms. The molecule has 0 bridgehead atoms. The zero-order chi connectivity index (χ0) is 13.9. The molecule has 0 amide bonds. The van der Waals surface area contributed by atoms with Crippen molar-refractivity contribution in [2.75, 3.05) is 0 Å². The third-order valence-electron chi connectivity index (χ3n) is 3.37. The van der Waals surface area contributed by atoms with E-state index in [0.717, 1.165) is 33.3 Å². The number of hydrazine groups is 1. The summed E-state index contributed by atoms with van der Waals surface area (Å²) in [5.74, 6) is 5.80. The smallest absolute Gasteiger partial charge is 0.0843 e. The molecule has 0 aliphatic heterocycles. The second-order valence-corrected chi connectivity index (χ2v) is 5.27. The maximum Gasteiger partial charge on any atom is 0.0843 e. The zero-order valence-electron chi connectivity index (χ0n) is 11.1. The lowest BCUT2D eigenvalue weighted by molar-refractivity contribution is 0.643. The number of nitrogens with zero attached hydrogens (tertiary/aromatic N) is 3. The van der Waals surface area contributed by atoms with E-state index in [9.17, 15) is 0 Å². The molecule has 3 aromatic rings. The van der Waals surface area contributed by atoms with E-state index in [0.29, 0.717) is 0 Å². The minimum atomic E-state index is -0.101. The van der Waals surface area contributed by atoms with Crippen LogP contribution in [0.15, 0.2) is 36.7 Å². The van der Waals surface area contributed by atoms with Crippen molar-refractivity contribution in [2.24, 2.45) is 5.84 Å². The lowest BCUT2D eigenvalue weighted by Gasteiger charge is -2.17. The SMILES string of the molecule is CCc1nnsc1C(NN)c1cccc2cnccc12.